The van der Waals surface area contributed by atoms with Gasteiger partial charge in [0.15, 0.2) is 0 Å². The number of amides is 1. The number of hydrogen-bond donors (Lipinski definition) is 2. The summed E-state index contributed by atoms with van der Waals surface area (Å²) in [4.78, 5) is 13.9. The minimum atomic E-state index is -0.390. The number of piperidine rings is 1. The van der Waals surface area contributed by atoms with Gasteiger partial charge in [-0.1, -0.05) is 24.3 Å². The zero-order chi connectivity index (χ0) is 17.6. The maximum Gasteiger partial charge on any atom is 0.250 e. The SMILES string of the molecule is N#Cc1cccc(CNC2CCCN(c3ccccc3C(N)=O)C2)c1. The van der Waals surface area contributed by atoms with Crippen LogP contribution in [0.15, 0.2) is 48.5 Å². The van der Waals surface area contributed by atoms with Gasteiger partial charge in [0, 0.05) is 31.4 Å². The van der Waals surface area contributed by atoms with E-state index in [1.807, 2.05) is 42.5 Å². The summed E-state index contributed by atoms with van der Waals surface area (Å²) in [7, 11) is 0. The Morgan fingerprint density at radius 2 is 2.12 bits per heavy atom. The molecule has 128 valence electrons. The number of rotatable bonds is 5. The first-order valence-electron chi connectivity index (χ1n) is 8.53. The molecule has 0 radical (unpaired) electrons. The van der Waals surface area contributed by atoms with Gasteiger partial charge < -0.3 is 16.0 Å². The normalized spacial score (nSPS) is 17.1. The van der Waals surface area contributed by atoms with Crippen LogP contribution in [0.2, 0.25) is 0 Å². The molecule has 1 atom stereocenters. The van der Waals surface area contributed by atoms with Crippen molar-refractivity contribution >= 4 is 11.6 Å². The largest absolute Gasteiger partial charge is 0.369 e. The van der Waals surface area contributed by atoms with E-state index < -0.39 is 0 Å². The number of primary amides is 1. The van der Waals surface area contributed by atoms with E-state index in [4.69, 9.17) is 11.0 Å². The van der Waals surface area contributed by atoms with Crippen LogP contribution in [-0.4, -0.2) is 25.0 Å². The summed E-state index contributed by atoms with van der Waals surface area (Å²) < 4.78 is 0. The van der Waals surface area contributed by atoms with E-state index in [0.717, 1.165) is 43.7 Å². The topological polar surface area (TPSA) is 82.2 Å². The van der Waals surface area contributed by atoms with Crippen molar-refractivity contribution in [2.24, 2.45) is 5.73 Å². The van der Waals surface area contributed by atoms with E-state index in [9.17, 15) is 4.79 Å². The Morgan fingerprint density at radius 1 is 1.28 bits per heavy atom. The Bertz CT molecular complexity index is 796. The standard InChI is InChI=1S/C20H22N4O/c21-12-15-5-3-6-16(11-15)13-23-17-7-4-10-24(14-17)19-9-2-1-8-18(19)20(22)25/h1-3,5-6,8-9,11,17,23H,4,7,10,13-14H2,(H2,22,25). The first-order valence-corrected chi connectivity index (χ1v) is 8.53. The van der Waals surface area contributed by atoms with Crippen molar-refractivity contribution in [3.8, 4) is 6.07 Å². The van der Waals surface area contributed by atoms with Crippen molar-refractivity contribution in [1.29, 1.82) is 5.26 Å². The van der Waals surface area contributed by atoms with Gasteiger partial charge in [-0.25, -0.2) is 0 Å². The maximum atomic E-state index is 11.7. The van der Waals surface area contributed by atoms with Crippen LogP contribution >= 0.6 is 0 Å². The Hall–Kier alpha value is -2.84. The average Bonchev–Trinajstić information content (AvgIpc) is 2.66. The van der Waals surface area contributed by atoms with Crippen LogP contribution in [0.3, 0.4) is 0 Å². The van der Waals surface area contributed by atoms with Crippen molar-refractivity contribution in [3.63, 3.8) is 0 Å². The predicted octanol–water partition coefficient (Wildman–Crippen LogP) is 2.42. The Morgan fingerprint density at radius 3 is 2.92 bits per heavy atom. The number of nitriles is 1. The third-order valence-corrected chi connectivity index (χ3v) is 4.58. The zero-order valence-corrected chi connectivity index (χ0v) is 14.1. The second-order valence-corrected chi connectivity index (χ2v) is 6.36. The summed E-state index contributed by atoms with van der Waals surface area (Å²) in [5.41, 5.74) is 8.78. The lowest BCUT2D eigenvalue weighted by Crippen LogP contribution is -2.46. The number of hydrogen-bond acceptors (Lipinski definition) is 4. The number of carbonyl (C=O) groups is 1. The number of anilines is 1. The van der Waals surface area contributed by atoms with Gasteiger partial charge in [-0.05, 0) is 42.7 Å². The molecule has 3 N–H and O–H groups in total. The molecule has 1 saturated heterocycles. The molecule has 1 aliphatic heterocycles. The highest BCUT2D eigenvalue weighted by molar-refractivity contribution is 5.98. The lowest BCUT2D eigenvalue weighted by atomic mass is 10.0. The minimum Gasteiger partial charge on any atom is -0.369 e. The van der Waals surface area contributed by atoms with Crippen LogP contribution in [0.1, 0.15) is 34.3 Å². The van der Waals surface area contributed by atoms with Gasteiger partial charge in [0.25, 0.3) is 5.91 Å². The lowest BCUT2D eigenvalue weighted by molar-refractivity contribution is 0.100. The number of nitrogens with two attached hydrogens (primary N) is 1. The summed E-state index contributed by atoms with van der Waals surface area (Å²) in [6, 6.07) is 17.7. The fourth-order valence-corrected chi connectivity index (χ4v) is 3.33. The third kappa shape index (κ3) is 4.17. The molecule has 0 aromatic heterocycles. The van der Waals surface area contributed by atoms with Crippen molar-refractivity contribution < 1.29 is 4.79 Å². The van der Waals surface area contributed by atoms with Crippen LogP contribution in [0, 0.1) is 11.3 Å². The Balaban J connectivity index is 1.65. The van der Waals surface area contributed by atoms with E-state index in [0.29, 0.717) is 17.2 Å². The molecule has 0 spiro atoms. The predicted molar refractivity (Wildman–Crippen MR) is 98.2 cm³/mol. The number of nitrogens with zero attached hydrogens (tertiary/aromatic N) is 2. The second-order valence-electron chi connectivity index (χ2n) is 6.36. The molecule has 1 unspecified atom stereocenters. The molecule has 5 nitrogen and oxygen atoms in total. The van der Waals surface area contributed by atoms with Crippen molar-refractivity contribution in [3.05, 3.63) is 65.2 Å². The summed E-state index contributed by atoms with van der Waals surface area (Å²) in [6.07, 6.45) is 2.15. The molecule has 1 fully saturated rings. The average molecular weight is 334 g/mol. The smallest absolute Gasteiger partial charge is 0.250 e. The van der Waals surface area contributed by atoms with Crippen molar-refractivity contribution in [1.82, 2.24) is 5.32 Å². The molecule has 2 aromatic rings. The molecule has 1 heterocycles. The van der Waals surface area contributed by atoms with E-state index in [1.165, 1.54) is 0 Å². The van der Waals surface area contributed by atoms with Gasteiger partial charge in [-0.2, -0.15) is 5.26 Å². The summed E-state index contributed by atoms with van der Waals surface area (Å²) in [5, 5.41) is 12.6. The van der Waals surface area contributed by atoms with Crippen LogP contribution in [0.25, 0.3) is 0 Å². The van der Waals surface area contributed by atoms with Crippen LogP contribution in [-0.2, 0) is 6.54 Å². The number of nitrogens with one attached hydrogen (secondary N) is 1. The van der Waals surface area contributed by atoms with Crippen LogP contribution in [0.4, 0.5) is 5.69 Å². The second kappa shape index (κ2) is 7.82. The van der Waals surface area contributed by atoms with E-state index in [2.05, 4.69) is 16.3 Å². The summed E-state index contributed by atoms with van der Waals surface area (Å²) >= 11 is 0. The fraction of sp³-hybridized carbons (Fsp3) is 0.300. The molecular weight excluding hydrogens is 312 g/mol. The molecule has 1 amide bonds. The van der Waals surface area contributed by atoms with E-state index in [-0.39, 0.29) is 5.91 Å². The number of para-hydroxylation sites is 1. The van der Waals surface area contributed by atoms with Gasteiger partial charge in [0.05, 0.1) is 17.2 Å². The summed E-state index contributed by atoms with van der Waals surface area (Å²) in [5.74, 6) is -0.390. The third-order valence-electron chi connectivity index (χ3n) is 4.58. The quantitative estimate of drug-likeness (QED) is 0.880. The molecule has 1 aliphatic rings. The van der Waals surface area contributed by atoms with Gasteiger partial charge in [0.2, 0.25) is 0 Å². The van der Waals surface area contributed by atoms with Gasteiger partial charge >= 0.3 is 0 Å². The highest BCUT2D eigenvalue weighted by Gasteiger charge is 2.22. The fourth-order valence-electron chi connectivity index (χ4n) is 3.33. The monoisotopic (exact) mass is 334 g/mol. The summed E-state index contributed by atoms with van der Waals surface area (Å²) in [6.45, 7) is 2.49. The molecule has 5 heteroatoms. The lowest BCUT2D eigenvalue weighted by Gasteiger charge is -2.35. The maximum absolute atomic E-state index is 11.7. The van der Waals surface area contributed by atoms with Gasteiger partial charge in [-0.15, -0.1) is 0 Å². The molecule has 0 saturated carbocycles. The van der Waals surface area contributed by atoms with Crippen molar-refractivity contribution in [2.45, 2.75) is 25.4 Å². The molecular formula is C20H22N4O. The number of carbonyl (C=O) groups excluding carboxylic acids is 1. The van der Waals surface area contributed by atoms with E-state index >= 15 is 0 Å². The van der Waals surface area contributed by atoms with Crippen LogP contribution in [0.5, 0.6) is 0 Å². The Labute approximate surface area is 148 Å². The molecule has 3 rings (SSSR count). The highest BCUT2D eigenvalue weighted by atomic mass is 16.1. The molecule has 0 aliphatic carbocycles. The highest BCUT2D eigenvalue weighted by Crippen LogP contribution is 2.24. The first-order chi connectivity index (χ1) is 12.2. The van der Waals surface area contributed by atoms with Crippen molar-refractivity contribution in [2.75, 3.05) is 18.0 Å². The Kier molecular flexibility index (Phi) is 5.32. The van der Waals surface area contributed by atoms with Crippen LogP contribution < -0.4 is 16.0 Å². The van der Waals surface area contributed by atoms with Gasteiger partial charge in [-0.3, -0.25) is 4.79 Å². The number of benzene rings is 2. The molecule has 0 bridgehead atoms. The molecule has 2 aromatic carbocycles. The van der Waals surface area contributed by atoms with E-state index in [1.54, 1.807) is 6.07 Å². The molecule has 25 heavy (non-hydrogen) atoms. The minimum absolute atomic E-state index is 0.334. The zero-order valence-electron chi connectivity index (χ0n) is 14.1. The first kappa shape index (κ1) is 17.0. The van der Waals surface area contributed by atoms with Gasteiger partial charge in [0.1, 0.15) is 0 Å².